The second-order valence-corrected chi connectivity index (χ2v) is 6.53. The van der Waals surface area contributed by atoms with E-state index in [1.165, 1.54) is 18.5 Å². The average Bonchev–Trinajstić information content (AvgIpc) is 3.48. The second-order valence-electron chi connectivity index (χ2n) is 6.53. The van der Waals surface area contributed by atoms with Gasteiger partial charge in [-0.25, -0.2) is 9.97 Å². The fourth-order valence-corrected chi connectivity index (χ4v) is 2.73. The van der Waals surface area contributed by atoms with Gasteiger partial charge in [-0.2, -0.15) is 5.26 Å². The summed E-state index contributed by atoms with van der Waals surface area (Å²) in [4.78, 5) is 9.09. The van der Waals surface area contributed by atoms with Gasteiger partial charge in [-0.3, -0.25) is 0 Å². The SMILES string of the molecule is C=C(/C=C(\NC)C1CC1)Nc1nc(-c2ccc(CC#N)cc2)ncc1C. The molecule has 3 rings (SSSR count). The van der Waals surface area contributed by atoms with Crippen LogP contribution >= 0.6 is 0 Å². The molecule has 0 unspecified atom stereocenters. The summed E-state index contributed by atoms with van der Waals surface area (Å²) >= 11 is 0. The Kier molecular flexibility index (Phi) is 5.33. The molecule has 1 aromatic carbocycles. The third-order valence-corrected chi connectivity index (χ3v) is 4.38. The zero-order chi connectivity index (χ0) is 18.5. The summed E-state index contributed by atoms with van der Waals surface area (Å²) in [5.74, 6) is 2.03. The Bertz CT molecular complexity index is 870. The van der Waals surface area contributed by atoms with E-state index in [0.717, 1.165) is 28.2 Å². The van der Waals surface area contributed by atoms with Crippen LogP contribution in [0.25, 0.3) is 11.4 Å². The average molecular weight is 345 g/mol. The number of benzene rings is 1. The van der Waals surface area contributed by atoms with Gasteiger partial charge in [-0.1, -0.05) is 30.8 Å². The molecule has 2 aromatic rings. The van der Waals surface area contributed by atoms with Gasteiger partial charge in [0.15, 0.2) is 5.82 Å². The van der Waals surface area contributed by atoms with E-state index >= 15 is 0 Å². The normalized spacial score (nSPS) is 13.8. The maximum atomic E-state index is 8.77. The van der Waals surface area contributed by atoms with Gasteiger partial charge in [0.2, 0.25) is 0 Å². The topological polar surface area (TPSA) is 73.6 Å². The summed E-state index contributed by atoms with van der Waals surface area (Å²) in [7, 11) is 1.95. The Balaban J connectivity index is 1.79. The standard InChI is InChI=1S/C21H23N5/c1-14-13-24-21(18-6-4-16(5-7-18)10-11-22)26-20(14)25-15(2)12-19(23-3)17-8-9-17/h4-7,12-13,17,23H,2,8-10H2,1,3H3,(H,24,25,26)/b19-12-. The highest BCUT2D eigenvalue weighted by Gasteiger charge is 2.25. The van der Waals surface area contributed by atoms with Gasteiger partial charge in [0, 0.05) is 35.8 Å². The van der Waals surface area contributed by atoms with Crippen molar-refractivity contribution in [2.24, 2.45) is 5.92 Å². The molecule has 5 heteroatoms. The van der Waals surface area contributed by atoms with Gasteiger partial charge in [-0.15, -0.1) is 0 Å². The third-order valence-electron chi connectivity index (χ3n) is 4.38. The lowest BCUT2D eigenvalue weighted by atomic mass is 10.1. The summed E-state index contributed by atoms with van der Waals surface area (Å²) in [6.07, 6.45) is 6.74. The summed E-state index contributed by atoms with van der Waals surface area (Å²) < 4.78 is 0. The fraction of sp³-hybridized carbons (Fsp3) is 0.286. The molecule has 0 spiro atoms. The molecule has 1 saturated carbocycles. The number of aromatic nitrogens is 2. The lowest BCUT2D eigenvalue weighted by Crippen LogP contribution is -2.10. The van der Waals surface area contributed by atoms with Crippen molar-refractivity contribution in [2.45, 2.75) is 26.2 Å². The number of nitrogens with zero attached hydrogens (tertiary/aromatic N) is 3. The van der Waals surface area contributed by atoms with Crippen LogP contribution in [0.4, 0.5) is 5.82 Å². The van der Waals surface area contributed by atoms with Crippen LogP contribution in [-0.4, -0.2) is 17.0 Å². The van der Waals surface area contributed by atoms with Crippen LogP contribution < -0.4 is 10.6 Å². The molecule has 1 aliphatic carbocycles. The van der Waals surface area contributed by atoms with E-state index in [-0.39, 0.29) is 0 Å². The van der Waals surface area contributed by atoms with Crippen LogP contribution in [0.3, 0.4) is 0 Å². The van der Waals surface area contributed by atoms with Gasteiger partial charge < -0.3 is 10.6 Å². The predicted molar refractivity (Wildman–Crippen MR) is 104 cm³/mol. The number of nitriles is 1. The first kappa shape index (κ1) is 17.7. The largest absolute Gasteiger partial charge is 0.391 e. The molecular weight excluding hydrogens is 322 g/mol. The molecule has 132 valence electrons. The van der Waals surface area contributed by atoms with E-state index in [1.807, 2.05) is 44.4 Å². The smallest absolute Gasteiger partial charge is 0.161 e. The molecule has 0 saturated heterocycles. The summed E-state index contributed by atoms with van der Waals surface area (Å²) in [5, 5.41) is 15.3. The highest BCUT2D eigenvalue weighted by molar-refractivity contribution is 5.60. The van der Waals surface area contributed by atoms with E-state index in [2.05, 4.69) is 39.3 Å². The van der Waals surface area contributed by atoms with Gasteiger partial charge in [0.25, 0.3) is 0 Å². The minimum Gasteiger partial charge on any atom is -0.391 e. The number of anilines is 1. The molecule has 0 aliphatic heterocycles. The van der Waals surface area contributed by atoms with E-state index in [4.69, 9.17) is 5.26 Å². The van der Waals surface area contributed by atoms with Crippen LogP contribution in [0.15, 0.2) is 54.5 Å². The fourth-order valence-electron chi connectivity index (χ4n) is 2.73. The lowest BCUT2D eigenvalue weighted by molar-refractivity contribution is 0.845. The molecular formula is C21H23N5. The number of hydrogen-bond donors (Lipinski definition) is 2. The molecule has 1 fully saturated rings. The zero-order valence-electron chi connectivity index (χ0n) is 15.2. The maximum Gasteiger partial charge on any atom is 0.161 e. The Labute approximate surface area is 154 Å². The highest BCUT2D eigenvalue weighted by Crippen LogP contribution is 2.35. The molecule has 1 aromatic heterocycles. The van der Waals surface area contributed by atoms with E-state index < -0.39 is 0 Å². The van der Waals surface area contributed by atoms with Crippen LogP contribution in [0.5, 0.6) is 0 Å². The monoisotopic (exact) mass is 345 g/mol. The number of rotatable bonds is 7. The van der Waals surface area contributed by atoms with Gasteiger partial charge in [0.05, 0.1) is 12.5 Å². The molecule has 5 nitrogen and oxygen atoms in total. The van der Waals surface area contributed by atoms with Crippen molar-refractivity contribution in [1.29, 1.82) is 5.26 Å². The maximum absolute atomic E-state index is 8.77. The number of nitrogens with one attached hydrogen (secondary N) is 2. The van der Waals surface area contributed by atoms with E-state index in [0.29, 0.717) is 18.2 Å². The lowest BCUT2D eigenvalue weighted by Gasteiger charge is -2.12. The Morgan fingerprint density at radius 3 is 2.69 bits per heavy atom. The molecule has 1 heterocycles. The third kappa shape index (κ3) is 4.28. The molecule has 1 aliphatic rings. The van der Waals surface area contributed by atoms with E-state index in [1.54, 1.807) is 0 Å². The molecule has 0 radical (unpaired) electrons. The number of allylic oxidation sites excluding steroid dienone is 2. The molecule has 26 heavy (non-hydrogen) atoms. The van der Waals surface area contributed by atoms with Gasteiger partial charge in [0.1, 0.15) is 5.82 Å². The van der Waals surface area contributed by atoms with Crippen molar-refractivity contribution >= 4 is 5.82 Å². The number of aryl methyl sites for hydroxylation is 1. The van der Waals surface area contributed by atoms with E-state index in [9.17, 15) is 0 Å². The van der Waals surface area contributed by atoms with Crippen LogP contribution in [0.1, 0.15) is 24.0 Å². The highest BCUT2D eigenvalue weighted by atomic mass is 15.0. The molecule has 0 amide bonds. The summed E-state index contributed by atoms with van der Waals surface area (Å²) in [6.45, 7) is 6.08. The molecule has 0 atom stereocenters. The second kappa shape index (κ2) is 7.83. The van der Waals surface area contributed by atoms with Crippen molar-refractivity contribution < 1.29 is 0 Å². The van der Waals surface area contributed by atoms with Crippen LogP contribution in [-0.2, 0) is 6.42 Å². The van der Waals surface area contributed by atoms with Crippen molar-refractivity contribution in [2.75, 3.05) is 12.4 Å². The first-order chi connectivity index (χ1) is 12.6. The van der Waals surface area contributed by atoms with Crippen LogP contribution in [0.2, 0.25) is 0 Å². The minimum atomic E-state index is 0.406. The Morgan fingerprint density at radius 1 is 1.35 bits per heavy atom. The Hall–Kier alpha value is -3.13. The van der Waals surface area contributed by atoms with Gasteiger partial charge in [-0.05, 0) is 37.3 Å². The van der Waals surface area contributed by atoms with Gasteiger partial charge >= 0.3 is 0 Å². The quantitative estimate of drug-likeness (QED) is 0.743. The van der Waals surface area contributed by atoms with Crippen LogP contribution in [0, 0.1) is 24.2 Å². The molecule has 0 bridgehead atoms. The summed E-state index contributed by atoms with van der Waals surface area (Å²) in [5.41, 5.74) is 4.88. The number of hydrogen-bond acceptors (Lipinski definition) is 5. The summed E-state index contributed by atoms with van der Waals surface area (Å²) in [6, 6.07) is 9.92. The predicted octanol–water partition coefficient (Wildman–Crippen LogP) is 3.96. The minimum absolute atomic E-state index is 0.406. The van der Waals surface area contributed by atoms with Crippen molar-refractivity contribution in [3.8, 4) is 17.5 Å². The first-order valence-corrected chi connectivity index (χ1v) is 8.76. The first-order valence-electron chi connectivity index (χ1n) is 8.76. The Morgan fingerprint density at radius 2 is 2.08 bits per heavy atom. The van der Waals surface area contributed by atoms with Crippen molar-refractivity contribution in [3.63, 3.8) is 0 Å². The zero-order valence-corrected chi connectivity index (χ0v) is 15.2. The van der Waals surface area contributed by atoms with Crippen molar-refractivity contribution in [3.05, 3.63) is 65.6 Å². The van der Waals surface area contributed by atoms with Crippen molar-refractivity contribution in [1.82, 2.24) is 15.3 Å². The molecule has 2 N–H and O–H groups in total.